The number of benzene rings is 1. The lowest BCUT2D eigenvalue weighted by molar-refractivity contribution is -0.144. The maximum atomic E-state index is 11.7. The van der Waals surface area contributed by atoms with Crippen LogP contribution in [0.1, 0.15) is 16.3 Å². The molecule has 10 heteroatoms. The Morgan fingerprint density at radius 2 is 1.85 bits per heavy atom. The van der Waals surface area contributed by atoms with E-state index in [-0.39, 0.29) is 6.42 Å². The van der Waals surface area contributed by atoms with Gasteiger partial charge in [-0.1, -0.05) is 29.3 Å². The van der Waals surface area contributed by atoms with Crippen molar-refractivity contribution in [1.82, 2.24) is 15.8 Å². The third kappa shape index (κ3) is 7.01. The molecule has 0 spiro atoms. The Kier molecular flexibility index (Phi) is 7.78. The number of aryl methyl sites for hydroxylation is 1. The van der Waals surface area contributed by atoms with Gasteiger partial charge in [-0.25, -0.2) is 9.78 Å². The molecule has 0 saturated heterocycles. The van der Waals surface area contributed by atoms with Gasteiger partial charge in [0, 0.05) is 32.8 Å². The molecule has 0 aliphatic heterocycles. The van der Waals surface area contributed by atoms with Crippen LogP contribution in [0.25, 0.3) is 6.08 Å². The summed E-state index contributed by atoms with van der Waals surface area (Å²) in [5.41, 5.74) is 5.66. The zero-order valence-corrected chi connectivity index (χ0v) is 16.5. The number of nitrogens with one attached hydrogen (secondary N) is 2. The number of esters is 1. The predicted molar refractivity (Wildman–Crippen MR) is 103 cm³/mol. The van der Waals surface area contributed by atoms with E-state index < -0.39 is 24.4 Å². The smallest absolute Gasteiger partial charge is 0.331 e. The maximum absolute atomic E-state index is 11.7. The summed E-state index contributed by atoms with van der Waals surface area (Å²) < 4.78 is 4.77. The molecule has 0 unspecified atom stereocenters. The minimum absolute atomic E-state index is 0.0416. The lowest BCUT2D eigenvalue weighted by Crippen LogP contribution is -2.44. The first kappa shape index (κ1) is 20.9. The molecule has 1 aromatic heterocycles. The zero-order chi connectivity index (χ0) is 19.8. The number of hydrogen-bond acceptors (Lipinski definition) is 6. The van der Waals surface area contributed by atoms with Crippen LogP contribution >= 0.6 is 34.5 Å². The molecule has 2 rings (SSSR count). The molecule has 0 aliphatic carbocycles. The van der Waals surface area contributed by atoms with Crippen molar-refractivity contribution >= 4 is 58.4 Å². The Bertz CT molecular complexity index is 863. The monoisotopic (exact) mass is 427 g/mol. The van der Waals surface area contributed by atoms with E-state index in [0.29, 0.717) is 20.6 Å². The molecular weight excluding hydrogens is 413 g/mol. The molecule has 2 amide bonds. The molecule has 2 aromatic rings. The molecule has 7 nitrogen and oxygen atoms in total. The van der Waals surface area contributed by atoms with E-state index in [0.717, 1.165) is 11.8 Å². The van der Waals surface area contributed by atoms with E-state index in [9.17, 15) is 14.4 Å². The summed E-state index contributed by atoms with van der Waals surface area (Å²) in [6.45, 7) is 1.26. The van der Waals surface area contributed by atoms with Crippen molar-refractivity contribution in [2.75, 3.05) is 6.61 Å². The Morgan fingerprint density at radius 1 is 1.19 bits per heavy atom. The highest BCUT2D eigenvalue weighted by Crippen LogP contribution is 2.25. The topological polar surface area (TPSA) is 97.4 Å². The van der Waals surface area contributed by atoms with Gasteiger partial charge in [0.1, 0.15) is 5.01 Å². The zero-order valence-electron chi connectivity index (χ0n) is 14.1. The molecule has 0 radical (unpaired) electrons. The highest BCUT2D eigenvalue weighted by molar-refractivity contribution is 7.09. The van der Waals surface area contributed by atoms with E-state index >= 15 is 0 Å². The molecule has 0 bridgehead atoms. The summed E-state index contributed by atoms with van der Waals surface area (Å²) in [5.74, 6) is -1.88. The SMILES string of the molecule is Cc1csc(CC(=O)NNC(=O)COC(=O)/C=C/c2c(Cl)cccc2Cl)n1. The summed E-state index contributed by atoms with van der Waals surface area (Å²) in [5, 5.41) is 3.21. The van der Waals surface area contributed by atoms with Crippen LogP contribution in [0, 0.1) is 6.92 Å². The molecule has 1 heterocycles. The van der Waals surface area contributed by atoms with Crippen molar-refractivity contribution in [1.29, 1.82) is 0 Å². The van der Waals surface area contributed by atoms with Gasteiger partial charge in [0.2, 0.25) is 5.91 Å². The molecule has 142 valence electrons. The molecule has 0 saturated carbocycles. The number of hydrazine groups is 1. The number of carbonyl (C=O) groups is 3. The van der Waals surface area contributed by atoms with Crippen molar-refractivity contribution in [2.24, 2.45) is 0 Å². The molecule has 2 N–H and O–H groups in total. The highest BCUT2D eigenvalue weighted by atomic mass is 35.5. The minimum Gasteiger partial charge on any atom is -0.452 e. The number of ether oxygens (including phenoxy) is 1. The number of nitrogens with zero attached hydrogens (tertiary/aromatic N) is 1. The van der Waals surface area contributed by atoms with Gasteiger partial charge in [-0.15, -0.1) is 11.3 Å². The third-order valence-corrected chi connectivity index (χ3v) is 4.68. The van der Waals surface area contributed by atoms with Gasteiger partial charge in [0.15, 0.2) is 6.61 Å². The molecule has 0 atom stereocenters. The average molecular weight is 428 g/mol. The largest absolute Gasteiger partial charge is 0.452 e. The van der Waals surface area contributed by atoms with E-state index in [1.54, 1.807) is 18.2 Å². The minimum atomic E-state index is -0.759. The summed E-state index contributed by atoms with van der Waals surface area (Å²) in [4.78, 5) is 39.1. The normalized spacial score (nSPS) is 10.6. The van der Waals surface area contributed by atoms with Crippen molar-refractivity contribution in [3.05, 3.63) is 56.0 Å². The van der Waals surface area contributed by atoms with Crippen LogP contribution in [-0.2, 0) is 25.5 Å². The van der Waals surface area contributed by atoms with Crippen molar-refractivity contribution in [3.8, 4) is 0 Å². The quantitative estimate of drug-likeness (QED) is 0.419. The van der Waals surface area contributed by atoms with Gasteiger partial charge in [0.05, 0.1) is 6.42 Å². The lowest BCUT2D eigenvalue weighted by atomic mass is 10.2. The van der Waals surface area contributed by atoms with Gasteiger partial charge in [-0.3, -0.25) is 20.4 Å². The Morgan fingerprint density at radius 3 is 2.48 bits per heavy atom. The summed E-state index contributed by atoms with van der Waals surface area (Å²) >= 11 is 13.3. The summed E-state index contributed by atoms with van der Waals surface area (Å²) in [6.07, 6.45) is 2.53. The standard InChI is InChI=1S/C17H15Cl2N3O4S/c1-10-9-27-16(20-10)7-14(23)21-22-15(24)8-26-17(25)6-5-11-12(18)3-2-4-13(11)19/h2-6,9H,7-8H2,1H3,(H,21,23)(H,22,24)/b6-5+. The fraction of sp³-hybridized carbons (Fsp3) is 0.176. The van der Waals surface area contributed by atoms with Gasteiger partial charge in [-0.05, 0) is 25.1 Å². The number of hydrogen-bond donors (Lipinski definition) is 2. The number of aromatic nitrogens is 1. The molecular formula is C17H15Cl2N3O4S. The van der Waals surface area contributed by atoms with Crippen LogP contribution in [0.2, 0.25) is 10.0 Å². The highest BCUT2D eigenvalue weighted by Gasteiger charge is 2.10. The maximum Gasteiger partial charge on any atom is 0.331 e. The first-order chi connectivity index (χ1) is 12.8. The van der Waals surface area contributed by atoms with Gasteiger partial charge < -0.3 is 4.74 Å². The summed E-state index contributed by atoms with van der Waals surface area (Å²) in [6, 6.07) is 4.93. The number of rotatable bonds is 6. The van der Waals surface area contributed by atoms with Crippen LogP contribution < -0.4 is 10.9 Å². The number of amides is 2. The molecule has 27 heavy (non-hydrogen) atoms. The van der Waals surface area contributed by atoms with E-state index in [4.69, 9.17) is 27.9 Å². The first-order valence-corrected chi connectivity index (χ1v) is 9.26. The van der Waals surface area contributed by atoms with Crippen LogP contribution in [0.4, 0.5) is 0 Å². The van der Waals surface area contributed by atoms with Crippen molar-refractivity contribution in [3.63, 3.8) is 0 Å². The second-order valence-electron chi connectivity index (χ2n) is 5.23. The molecule has 0 fully saturated rings. The third-order valence-electron chi connectivity index (χ3n) is 3.05. The first-order valence-electron chi connectivity index (χ1n) is 7.62. The van der Waals surface area contributed by atoms with Gasteiger partial charge >= 0.3 is 5.97 Å². The average Bonchev–Trinajstić information content (AvgIpc) is 3.02. The van der Waals surface area contributed by atoms with Crippen molar-refractivity contribution < 1.29 is 19.1 Å². The second-order valence-corrected chi connectivity index (χ2v) is 6.99. The lowest BCUT2D eigenvalue weighted by Gasteiger charge is -2.06. The molecule has 0 aliphatic rings. The number of halogens is 2. The van der Waals surface area contributed by atoms with Crippen LogP contribution in [0.3, 0.4) is 0 Å². The second kappa shape index (κ2) is 10.1. The Hall–Kier alpha value is -2.42. The van der Waals surface area contributed by atoms with Gasteiger partial charge in [-0.2, -0.15) is 0 Å². The van der Waals surface area contributed by atoms with E-state index in [2.05, 4.69) is 15.8 Å². The molecule has 1 aromatic carbocycles. The number of thiazole rings is 1. The Labute approximate surface area is 169 Å². The number of carbonyl (C=O) groups excluding carboxylic acids is 3. The van der Waals surface area contributed by atoms with E-state index in [1.807, 2.05) is 12.3 Å². The summed E-state index contributed by atoms with van der Waals surface area (Å²) in [7, 11) is 0. The fourth-order valence-electron chi connectivity index (χ4n) is 1.85. The van der Waals surface area contributed by atoms with Crippen LogP contribution in [-0.4, -0.2) is 29.4 Å². The van der Waals surface area contributed by atoms with Crippen LogP contribution in [0.5, 0.6) is 0 Å². The van der Waals surface area contributed by atoms with Crippen LogP contribution in [0.15, 0.2) is 29.7 Å². The predicted octanol–water partition coefficient (Wildman–Crippen LogP) is 2.70. The fourth-order valence-corrected chi connectivity index (χ4v) is 3.14. The Balaban J connectivity index is 1.72. The van der Waals surface area contributed by atoms with Gasteiger partial charge in [0.25, 0.3) is 5.91 Å². The van der Waals surface area contributed by atoms with Crippen molar-refractivity contribution in [2.45, 2.75) is 13.3 Å². The van der Waals surface area contributed by atoms with E-state index in [1.165, 1.54) is 17.4 Å².